The lowest BCUT2D eigenvalue weighted by Gasteiger charge is -2.27. The molecule has 2 aliphatic rings. The average Bonchev–Trinajstić information content (AvgIpc) is 3.00. The highest BCUT2D eigenvalue weighted by Gasteiger charge is 2.50. The quantitative estimate of drug-likeness (QED) is 0.913. The van der Waals surface area contributed by atoms with Crippen molar-refractivity contribution in [3.63, 3.8) is 0 Å². The Balaban J connectivity index is 2.17. The zero-order valence-corrected chi connectivity index (χ0v) is 11.6. The van der Waals surface area contributed by atoms with Crippen LogP contribution in [0.1, 0.15) is 44.7 Å². The van der Waals surface area contributed by atoms with Crippen LogP contribution in [0.2, 0.25) is 0 Å². The van der Waals surface area contributed by atoms with Crippen LogP contribution in [-0.2, 0) is 11.1 Å². The summed E-state index contributed by atoms with van der Waals surface area (Å²) in [7, 11) is 0. The lowest BCUT2D eigenvalue weighted by molar-refractivity contribution is 0.173. The Morgan fingerprint density at radius 1 is 1.26 bits per heavy atom. The molecule has 4 heteroatoms. The summed E-state index contributed by atoms with van der Waals surface area (Å²) in [4.78, 5) is 0. The van der Waals surface area contributed by atoms with E-state index in [1.54, 1.807) is 19.9 Å². The first-order chi connectivity index (χ1) is 8.84. The van der Waals surface area contributed by atoms with Gasteiger partial charge in [-0.2, -0.15) is 0 Å². The molecule has 1 aliphatic carbocycles. The van der Waals surface area contributed by atoms with Gasteiger partial charge >= 0.3 is 0 Å². The van der Waals surface area contributed by atoms with Gasteiger partial charge in [-0.1, -0.05) is 0 Å². The molecule has 1 aliphatic heterocycles. The second-order valence-electron chi connectivity index (χ2n) is 6.17. The number of alkyl halides is 1. The number of ether oxygens (including phenoxy) is 2. The third kappa shape index (κ3) is 1.89. The molecule has 3 nitrogen and oxygen atoms in total. The third-order valence-electron chi connectivity index (χ3n) is 4.35. The Morgan fingerprint density at radius 2 is 1.84 bits per heavy atom. The van der Waals surface area contributed by atoms with Crippen LogP contribution in [-0.4, -0.2) is 12.8 Å². The van der Waals surface area contributed by atoms with Gasteiger partial charge in [-0.3, -0.25) is 0 Å². The lowest BCUT2D eigenvalue weighted by atomic mass is 9.81. The SMILES string of the molecule is CC(N)C1(c2cc3c(cc2C(C)(C)F)OCO3)CC1. The van der Waals surface area contributed by atoms with Crippen molar-refractivity contribution in [1.82, 2.24) is 0 Å². The summed E-state index contributed by atoms with van der Waals surface area (Å²) in [5, 5.41) is 0. The van der Waals surface area contributed by atoms with E-state index < -0.39 is 5.67 Å². The van der Waals surface area contributed by atoms with Crippen molar-refractivity contribution in [2.45, 2.75) is 50.7 Å². The summed E-state index contributed by atoms with van der Waals surface area (Å²) < 4.78 is 25.3. The maximum Gasteiger partial charge on any atom is 0.231 e. The number of rotatable bonds is 3. The fourth-order valence-corrected chi connectivity index (χ4v) is 2.95. The monoisotopic (exact) mass is 265 g/mol. The standard InChI is InChI=1S/C15H20FNO2/c1-9(17)15(4-5-15)11-7-13-12(18-8-19-13)6-10(11)14(2,3)16/h6-7,9H,4-5,8,17H2,1-3H3. The van der Waals surface area contributed by atoms with Gasteiger partial charge < -0.3 is 15.2 Å². The van der Waals surface area contributed by atoms with Crippen LogP contribution in [0.3, 0.4) is 0 Å². The highest BCUT2D eigenvalue weighted by molar-refractivity contribution is 5.54. The molecule has 1 atom stereocenters. The van der Waals surface area contributed by atoms with Gasteiger partial charge in [-0.25, -0.2) is 4.39 Å². The first-order valence-corrected chi connectivity index (χ1v) is 6.74. The zero-order valence-electron chi connectivity index (χ0n) is 11.6. The maximum absolute atomic E-state index is 14.5. The second kappa shape index (κ2) is 3.85. The summed E-state index contributed by atoms with van der Waals surface area (Å²) in [5.41, 5.74) is 6.27. The van der Waals surface area contributed by atoms with E-state index in [0.717, 1.165) is 18.4 Å². The third-order valence-corrected chi connectivity index (χ3v) is 4.35. The Bertz CT molecular complexity index is 516. The number of halogens is 1. The molecule has 0 amide bonds. The van der Waals surface area contributed by atoms with E-state index in [1.165, 1.54) is 0 Å². The van der Waals surface area contributed by atoms with E-state index >= 15 is 0 Å². The molecule has 0 spiro atoms. The van der Waals surface area contributed by atoms with Gasteiger partial charge in [0.05, 0.1) is 0 Å². The Kier molecular flexibility index (Phi) is 2.58. The Labute approximate surface area is 112 Å². The normalized spacial score (nSPS) is 21.3. The molecule has 3 rings (SSSR count). The number of nitrogens with two attached hydrogens (primary N) is 1. The summed E-state index contributed by atoms with van der Waals surface area (Å²) in [6.45, 7) is 5.35. The summed E-state index contributed by atoms with van der Waals surface area (Å²) in [6, 6.07) is 3.71. The summed E-state index contributed by atoms with van der Waals surface area (Å²) in [6.07, 6.45) is 2.01. The molecule has 1 fully saturated rings. The van der Waals surface area contributed by atoms with Crippen LogP contribution in [0.15, 0.2) is 12.1 Å². The van der Waals surface area contributed by atoms with Crippen LogP contribution in [0, 0.1) is 0 Å². The maximum atomic E-state index is 14.5. The number of benzene rings is 1. The topological polar surface area (TPSA) is 44.5 Å². The van der Waals surface area contributed by atoms with Crippen LogP contribution < -0.4 is 15.2 Å². The van der Waals surface area contributed by atoms with Gasteiger partial charge in [0, 0.05) is 11.5 Å². The van der Waals surface area contributed by atoms with Gasteiger partial charge in [0.15, 0.2) is 11.5 Å². The molecule has 0 aromatic heterocycles. The van der Waals surface area contributed by atoms with E-state index in [-0.39, 0.29) is 18.2 Å². The smallest absolute Gasteiger partial charge is 0.231 e. The molecule has 1 unspecified atom stereocenters. The minimum Gasteiger partial charge on any atom is -0.454 e. The molecule has 2 N–H and O–H groups in total. The van der Waals surface area contributed by atoms with Crippen molar-refractivity contribution >= 4 is 0 Å². The molecule has 1 saturated carbocycles. The van der Waals surface area contributed by atoms with Crippen molar-refractivity contribution in [3.8, 4) is 11.5 Å². The number of hydrogen-bond donors (Lipinski definition) is 1. The fraction of sp³-hybridized carbons (Fsp3) is 0.600. The van der Waals surface area contributed by atoms with Crippen molar-refractivity contribution in [2.24, 2.45) is 5.73 Å². The van der Waals surface area contributed by atoms with E-state index in [4.69, 9.17) is 15.2 Å². The molecular formula is C15H20FNO2. The van der Waals surface area contributed by atoms with E-state index in [0.29, 0.717) is 17.1 Å². The predicted octanol–water partition coefficient (Wildman–Crippen LogP) is 3.00. The molecule has 1 aromatic rings. The number of hydrogen-bond acceptors (Lipinski definition) is 3. The average molecular weight is 265 g/mol. The van der Waals surface area contributed by atoms with Crippen LogP contribution in [0.4, 0.5) is 4.39 Å². The van der Waals surface area contributed by atoms with Gasteiger partial charge in [0.1, 0.15) is 5.67 Å². The second-order valence-corrected chi connectivity index (χ2v) is 6.17. The summed E-state index contributed by atoms with van der Waals surface area (Å²) >= 11 is 0. The van der Waals surface area contributed by atoms with E-state index in [9.17, 15) is 4.39 Å². The Morgan fingerprint density at radius 3 is 2.32 bits per heavy atom. The molecule has 1 heterocycles. The predicted molar refractivity (Wildman–Crippen MR) is 71.3 cm³/mol. The van der Waals surface area contributed by atoms with Gasteiger partial charge in [-0.05, 0) is 56.9 Å². The highest BCUT2D eigenvalue weighted by atomic mass is 19.1. The fourth-order valence-electron chi connectivity index (χ4n) is 2.95. The van der Waals surface area contributed by atoms with E-state index in [2.05, 4.69) is 0 Å². The molecule has 1 aromatic carbocycles. The van der Waals surface area contributed by atoms with Crippen molar-refractivity contribution < 1.29 is 13.9 Å². The van der Waals surface area contributed by atoms with Gasteiger partial charge in [-0.15, -0.1) is 0 Å². The summed E-state index contributed by atoms with van der Waals surface area (Å²) in [5.74, 6) is 1.33. The molecule has 19 heavy (non-hydrogen) atoms. The molecule has 0 bridgehead atoms. The highest BCUT2D eigenvalue weighted by Crippen LogP contribution is 2.55. The number of fused-ring (bicyclic) bond motifs is 1. The molecule has 0 radical (unpaired) electrons. The lowest BCUT2D eigenvalue weighted by Crippen LogP contribution is -2.33. The molecule has 104 valence electrons. The van der Waals surface area contributed by atoms with Gasteiger partial charge in [0.25, 0.3) is 0 Å². The first kappa shape index (κ1) is 12.7. The zero-order chi connectivity index (χ0) is 13.8. The van der Waals surface area contributed by atoms with Crippen LogP contribution in [0.25, 0.3) is 0 Å². The molecule has 0 saturated heterocycles. The van der Waals surface area contributed by atoms with Crippen molar-refractivity contribution in [2.75, 3.05) is 6.79 Å². The van der Waals surface area contributed by atoms with Crippen molar-refractivity contribution in [1.29, 1.82) is 0 Å². The van der Waals surface area contributed by atoms with E-state index in [1.807, 2.05) is 13.0 Å². The molecular weight excluding hydrogens is 245 g/mol. The Hall–Kier alpha value is -1.29. The minimum atomic E-state index is -1.42. The van der Waals surface area contributed by atoms with Crippen LogP contribution >= 0.6 is 0 Å². The van der Waals surface area contributed by atoms with Gasteiger partial charge in [0.2, 0.25) is 6.79 Å². The largest absolute Gasteiger partial charge is 0.454 e. The first-order valence-electron chi connectivity index (χ1n) is 6.74. The van der Waals surface area contributed by atoms with Crippen molar-refractivity contribution in [3.05, 3.63) is 23.3 Å². The van der Waals surface area contributed by atoms with Crippen LogP contribution in [0.5, 0.6) is 11.5 Å². The minimum absolute atomic E-state index is 0.00831.